The number of amides is 3. The highest BCUT2D eigenvalue weighted by atomic mass is 16.4. The van der Waals surface area contributed by atoms with Gasteiger partial charge in [0.15, 0.2) is 6.10 Å². The van der Waals surface area contributed by atoms with Crippen molar-refractivity contribution in [3.63, 3.8) is 0 Å². The van der Waals surface area contributed by atoms with Gasteiger partial charge in [0.2, 0.25) is 11.8 Å². The highest BCUT2D eigenvalue weighted by Crippen LogP contribution is 2.17. The molecule has 6 atom stereocenters. The molecule has 13 nitrogen and oxygen atoms in total. The average molecular weight is 527 g/mol. The number of aliphatic carboxylic acids is 1. The van der Waals surface area contributed by atoms with E-state index in [1.54, 1.807) is 30.3 Å². The smallest absolute Gasteiger partial charge is 0.305 e. The molecule has 1 aromatic rings. The summed E-state index contributed by atoms with van der Waals surface area (Å²) in [6, 6.07) is 4.54. The first-order chi connectivity index (χ1) is 17.4. The minimum Gasteiger partial charge on any atom is -0.481 e. The lowest BCUT2D eigenvalue weighted by atomic mass is 9.98. The molecule has 10 N–H and O–H groups in total. The summed E-state index contributed by atoms with van der Waals surface area (Å²) in [6.07, 6.45) is -6.67. The Kier molecular flexibility index (Phi) is 13.7. The van der Waals surface area contributed by atoms with Gasteiger partial charge in [-0.25, -0.2) is 0 Å². The van der Waals surface area contributed by atoms with Gasteiger partial charge in [-0.1, -0.05) is 44.2 Å². The Hall–Kier alpha value is -3.10. The van der Waals surface area contributed by atoms with Crippen LogP contribution >= 0.6 is 0 Å². The van der Waals surface area contributed by atoms with Crippen LogP contribution < -0.4 is 21.7 Å². The molecule has 0 heterocycles. The summed E-state index contributed by atoms with van der Waals surface area (Å²) in [7, 11) is 0. The van der Waals surface area contributed by atoms with Gasteiger partial charge in [0.1, 0.15) is 18.2 Å². The Morgan fingerprint density at radius 3 is 2.05 bits per heavy atom. The van der Waals surface area contributed by atoms with E-state index in [1.807, 2.05) is 13.8 Å². The number of carbonyl (C=O) groups is 4. The van der Waals surface area contributed by atoms with Gasteiger partial charge < -0.3 is 47.2 Å². The Balaban J connectivity index is 2.91. The molecule has 3 amide bonds. The normalized spacial score (nSPS) is 16.1. The van der Waals surface area contributed by atoms with Crippen molar-refractivity contribution in [2.45, 2.75) is 69.5 Å². The third-order valence-electron chi connectivity index (χ3n) is 5.51. The minimum atomic E-state index is -2.23. The van der Waals surface area contributed by atoms with Crippen molar-refractivity contribution in [3.05, 3.63) is 35.9 Å². The summed E-state index contributed by atoms with van der Waals surface area (Å²) in [4.78, 5) is 48.5. The summed E-state index contributed by atoms with van der Waals surface area (Å²) in [5, 5.41) is 57.3. The molecule has 0 aliphatic heterocycles. The minimum absolute atomic E-state index is 0.00843. The summed E-state index contributed by atoms with van der Waals surface area (Å²) in [6.45, 7) is 2.84. The fourth-order valence-electron chi connectivity index (χ4n) is 3.57. The Morgan fingerprint density at radius 1 is 0.919 bits per heavy atom. The maximum Gasteiger partial charge on any atom is 0.305 e. The number of carbonyl (C=O) groups excluding carboxylic acids is 3. The molecule has 0 bridgehead atoms. The first kappa shape index (κ1) is 31.9. The van der Waals surface area contributed by atoms with E-state index in [-0.39, 0.29) is 25.3 Å². The van der Waals surface area contributed by atoms with Crippen LogP contribution in [0.25, 0.3) is 0 Å². The van der Waals surface area contributed by atoms with Crippen LogP contribution in [-0.2, 0) is 19.2 Å². The zero-order chi connectivity index (χ0) is 28.1. The third kappa shape index (κ3) is 10.8. The largest absolute Gasteiger partial charge is 0.481 e. The van der Waals surface area contributed by atoms with Crippen LogP contribution in [0.1, 0.15) is 44.7 Å². The van der Waals surface area contributed by atoms with Crippen molar-refractivity contribution >= 4 is 23.7 Å². The molecule has 0 radical (unpaired) electrons. The van der Waals surface area contributed by atoms with Crippen LogP contribution in [0.4, 0.5) is 0 Å². The Labute approximate surface area is 215 Å². The molecular weight excluding hydrogens is 488 g/mol. The predicted octanol–water partition coefficient (Wildman–Crippen LogP) is -2.24. The van der Waals surface area contributed by atoms with E-state index in [9.17, 15) is 39.6 Å². The highest BCUT2D eigenvalue weighted by molar-refractivity contribution is 5.88. The molecule has 0 aliphatic rings. The van der Waals surface area contributed by atoms with E-state index >= 15 is 0 Å². The van der Waals surface area contributed by atoms with Gasteiger partial charge in [-0.15, -0.1) is 0 Å². The van der Waals surface area contributed by atoms with E-state index in [2.05, 4.69) is 16.0 Å². The van der Waals surface area contributed by atoms with E-state index in [1.165, 1.54) is 0 Å². The highest BCUT2D eigenvalue weighted by Gasteiger charge is 2.37. The van der Waals surface area contributed by atoms with Crippen LogP contribution in [0.5, 0.6) is 0 Å². The zero-order valence-corrected chi connectivity index (χ0v) is 20.9. The number of aliphatic hydroxyl groups excluding tert-OH is 4. The molecule has 0 unspecified atom stereocenters. The number of benzene rings is 1. The molecular formula is C24H38N4O9. The Bertz CT molecular complexity index is 884. The van der Waals surface area contributed by atoms with Crippen LogP contribution in [0.2, 0.25) is 0 Å². The number of nitrogens with two attached hydrogens (primary N) is 1. The van der Waals surface area contributed by atoms with Gasteiger partial charge in [0.05, 0.1) is 25.1 Å². The van der Waals surface area contributed by atoms with Crippen molar-refractivity contribution in [1.29, 1.82) is 0 Å². The van der Waals surface area contributed by atoms with Gasteiger partial charge in [0, 0.05) is 13.0 Å². The number of hydrogen-bond acceptors (Lipinski definition) is 9. The van der Waals surface area contributed by atoms with E-state index in [4.69, 9.17) is 10.8 Å². The molecule has 0 saturated heterocycles. The molecule has 208 valence electrons. The molecule has 0 aromatic heterocycles. The second-order valence-electron chi connectivity index (χ2n) is 9.08. The molecule has 13 heteroatoms. The van der Waals surface area contributed by atoms with Gasteiger partial charge in [0.25, 0.3) is 5.91 Å². The lowest BCUT2D eigenvalue weighted by Crippen LogP contribution is -2.59. The average Bonchev–Trinajstić information content (AvgIpc) is 2.85. The molecule has 1 rings (SSSR count). The van der Waals surface area contributed by atoms with Crippen LogP contribution in [-0.4, -0.2) is 92.8 Å². The van der Waals surface area contributed by atoms with Gasteiger partial charge in [-0.3, -0.25) is 19.2 Å². The first-order valence-corrected chi connectivity index (χ1v) is 11.9. The predicted molar refractivity (Wildman–Crippen MR) is 132 cm³/mol. The van der Waals surface area contributed by atoms with E-state index in [0.29, 0.717) is 5.56 Å². The third-order valence-corrected chi connectivity index (χ3v) is 5.51. The van der Waals surface area contributed by atoms with Gasteiger partial charge in [-0.05, 0) is 17.9 Å². The number of carboxylic acids is 1. The monoisotopic (exact) mass is 526 g/mol. The number of rotatable bonds is 16. The summed E-state index contributed by atoms with van der Waals surface area (Å²) < 4.78 is 0. The van der Waals surface area contributed by atoms with Crippen molar-refractivity contribution in [2.75, 3.05) is 13.2 Å². The number of nitrogens with one attached hydrogen (secondary N) is 3. The Morgan fingerprint density at radius 2 is 1.54 bits per heavy atom. The van der Waals surface area contributed by atoms with E-state index in [0.717, 1.165) is 0 Å². The summed E-state index contributed by atoms with van der Waals surface area (Å²) in [5.41, 5.74) is 5.80. The van der Waals surface area contributed by atoms with Crippen LogP contribution in [0.15, 0.2) is 30.3 Å². The summed E-state index contributed by atoms with van der Waals surface area (Å²) in [5.74, 6) is -3.62. The maximum atomic E-state index is 12.8. The molecule has 1 aromatic carbocycles. The lowest BCUT2D eigenvalue weighted by molar-refractivity contribution is -0.145. The summed E-state index contributed by atoms with van der Waals surface area (Å²) >= 11 is 0. The zero-order valence-electron chi connectivity index (χ0n) is 20.9. The van der Waals surface area contributed by atoms with Crippen LogP contribution in [0.3, 0.4) is 0 Å². The van der Waals surface area contributed by atoms with Gasteiger partial charge in [-0.2, -0.15) is 0 Å². The molecule has 0 aliphatic carbocycles. The van der Waals surface area contributed by atoms with Crippen molar-refractivity contribution in [2.24, 2.45) is 11.7 Å². The first-order valence-electron chi connectivity index (χ1n) is 11.9. The fraction of sp³-hybridized carbons (Fsp3) is 0.583. The number of hydrogen-bond donors (Lipinski definition) is 9. The van der Waals surface area contributed by atoms with Crippen molar-refractivity contribution < 1.29 is 44.7 Å². The molecule has 37 heavy (non-hydrogen) atoms. The number of carboxylic acid groups (broad SMARTS) is 1. The van der Waals surface area contributed by atoms with E-state index < -0.39 is 73.2 Å². The van der Waals surface area contributed by atoms with Crippen molar-refractivity contribution in [1.82, 2.24) is 16.0 Å². The fourth-order valence-corrected chi connectivity index (χ4v) is 3.57. The molecule has 0 spiro atoms. The second kappa shape index (κ2) is 15.9. The lowest BCUT2D eigenvalue weighted by Gasteiger charge is -2.30. The molecule has 0 fully saturated rings. The van der Waals surface area contributed by atoms with Crippen LogP contribution in [0, 0.1) is 5.92 Å². The SMILES string of the molecule is CC(C)C[C@H](NC(=O)CCN)C(=O)N[C@@H](CO)[C@@H](O)[C@@H](O)[C@H](O)C(=O)N[C@@H](CC(=O)O)c1ccccc1. The van der Waals surface area contributed by atoms with Gasteiger partial charge >= 0.3 is 5.97 Å². The topological polar surface area (TPSA) is 232 Å². The molecule has 0 saturated carbocycles. The standard InChI is InChI=1S/C24H38N4O9/c1-13(2)10-16(26-18(30)8-9-25)23(36)28-17(12-29)20(33)21(34)22(35)24(37)27-15(11-19(31)32)14-6-4-3-5-7-14/h3-7,13,15-17,20-22,29,33-35H,8-12,25H2,1-2H3,(H,26,30)(H,27,37)(H,28,36)(H,31,32)/t15-,16-,17-,20+,21+,22-/m0/s1. The maximum absolute atomic E-state index is 12.8. The number of aliphatic hydroxyl groups is 4. The second-order valence-corrected chi connectivity index (χ2v) is 9.08. The quantitative estimate of drug-likeness (QED) is 0.112. The van der Waals surface area contributed by atoms with Crippen molar-refractivity contribution in [3.8, 4) is 0 Å².